The van der Waals surface area contributed by atoms with Gasteiger partial charge in [-0.3, -0.25) is 4.79 Å². The van der Waals surface area contributed by atoms with Crippen LogP contribution in [0.5, 0.6) is 0 Å². The third-order valence-electron chi connectivity index (χ3n) is 3.92. The van der Waals surface area contributed by atoms with E-state index in [4.69, 9.17) is 5.73 Å². The number of rotatable bonds is 6. The molecule has 1 amide bonds. The summed E-state index contributed by atoms with van der Waals surface area (Å²) < 4.78 is 0. The summed E-state index contributed by atoms with van der Waals surface area (Å²) in [5, 5.41) is 1.30. The van der Waals surface area contributed by atoms with E-state index in [0.717, 1.165) is 24.5 Å². The Morgan fingerprint density at radius 1 is 1.27 bits per heavy atom. The minimum absolute atomic E-state index is 0.255. The van der Waals surface area contributed by atoms with Crippen molar-refractivity contribution >= 4 is 38.4 Å². The van der Waals surface area contributed by atoms with E-state index < -0.39 is 0 Å². The molecular formula is C16H21N3OS2. The van der Waals surface area contributed by atoms with Gasteiger partial charge >= 0.3 is 0 Å². The summed E-state index contributed by atoms with van der Waals surface area (Å²) in [5.41, 5.74) is 9.21. The van der Waals surface area contributed by atoms with Crippen LogP contribution in [0.25, 0.3) is 10.9 Å². The van der Waals surface area contributed by atoms with Gasteiger partial charge in [0.1, 0.15) is 0 Å². The van der Waals surface area contributed by atoms with Crippen molar-refractivity contribution in [3.63, 3.8) is 0 Å². The van der Waals surface area contributed by atoms with E-state index in [0.29, 0.717) is 19.5 Å². The predicted octanol–water partition coefficient (Wildman–Crippen LogP) is 2.78. The molecule has 22 heavy (non-hydrogen) atoms. The van der Waals surface area contributed by atoms with Gasteiger partial charge in [0.25, 0.3) is 0 Å². The lowest BCUT2D eigenvalue weighted by Gasteiger charge is -2.27. The highest BCUT2D eigenvalue weighted by atomic mass is 33.1. The summed E-state index contributed by atoms with van der Waals surface area (Å²) in [4.78, 5) is 17.8. The average molecular weight is 335 g/mol. The molecule has 0 saturated carbocycles. The van der Waals surface area contributed by atoms with Crippen LogP contribution in [0.4, 0.5) is 0 Å². The van der Waals surface area contributed by atoms with Crippen molar-refractivity contribution in [1.29, 1.82) is 0 Å². The second-order valence-electron chi connectivity index (χ2n) is 5.38. The van der Waals surface area contributed by atoms with E-state index in [9.17, 15) is 4.79 Å². The number of nitrogens with zero attached hydrogens (tertiary/aromatic N) is 1. The van der Waals surface area contributed by atoms with Crippen LogP contribution < -0.4 is 5.73 Å². The molecule has 3 rings (SSSR count). The molecule has 1 aromatic carbocycles. The fourth-order valence-corrected chi connectivity index (χ4v) is 4.69. The van der Waals surface area contributed by atoms with Gasteiger partial charge in [0, 0.05) is 47.6 Å². The third-order valence-corrected chi connectivity index (χ3v) is 6.36. The van der Waals surface area contributed by atoms with E-state index in [1.54, 1.807) is 21.6 Å². The second-order valence-corrected chi connectivity index (χ2v) is 8.08. The van der Waals surface area contributed by atoms with Crippen LogP contribution in [0.1, 0.15) is 17.7 Å². The van der Waals surface area contributed by atoms with Crippen molar-refractivity contribution < 1.29 is 4.79 Å². The van der Waals surface area contributed by atoms with Gasteiger partial charge in [-0.25, -0.2) is 0 Å². The molecule has 4 nitrogen and oxygen atoms in total. The van der Waals surface area contributed by atoms with Gasteiger partial charge in [-0.15, -0.1) is 0 Å². The van der Waals surface area contributed by atoms with Crippen LogP contribution in [-0.4, -0.2) is 40.4 Å². The minimum atomic E-state index is 0.255. The van der Waals surface area contributed by atoms with E-state index >= 15 is 0 Å². The molecule has 0 spiro atoms. The number of nitrogens with one attached hydrogen (secondary N) is 1. The van der Waals surface area contributed by atoms with Gasteiger partial charge in [-0.1, -0.05) is 39.8 Å². The number of aromatic nitrogens is 1. The number of hydrogen-bond donors (Lipinski definition) is 2. The number of carbonyl (C=O) groups is 1. The Bertz CT molecular complexity index is 656. The lowest BCUT2D eigenvalue weighted by Crippen LogP contribution is -2.36. The van der Waals surface area contributed by atoms with Gasteiger partial charge in [-0.05, 0) is 18.1 Å². The zero-order chi connectivity index (χ0) is 15.4. The highest BCUT2D eigenvalue weighted by Gasteiger charge is 2.23. The predicted molar refractivity (Wildman–Crippen MR) is 96.0 cm³/mol. The Hall–Kier alpha value is -1.11. The summed E-state index contributed by atoms with van der Waals surface area (Å²) >= 11 is 0. The van der Waals surface area contributed by atoms with Crippen molar-refractivity contribution in [3.05, 3.63) is 35.5 Å². The highest BCUT2D eigenvalue weighted by Crippen LogP contribution is 2.28. The molecule has 0 aliphatic carbocycles. The maximum Gasteiger partial charge on any atom is 0.223 e. The summed E-state index contributed by atoms with van der Waals surface area (Å²) in [6.45, 7) is 2.23. The number of H-pyrrole nitrogens is 1. The largest absolute Gasteiger partial charge is 0.357 e. The molecule has 1 aliphatic heterocycles. The maximum atomic E-state index is 12.3. The average Bonchev–Trinajstić information content (AvgIpc) is 2.92. The van der Waals surface area contributed by atoms with Crippen LogP contribution in [0.3, 0.4) is 0 Å². The van der Waals surface area contributed by atoms with E-state index in [2.05, 4.69) is 23.2 Å². The Morgan fingerprint density at radius 3 is 2.95 bits per heavy atom. The normalized spacial score (nSPS) is 14.3. The van der Waals surface area contributed by atoms with Crippen molar-refractivity contribution in [2.45, 2.75) is 19.4 Å². The first-order valence-corrected chi connectivity index (χ1v) is 10.1. The first-order valence-electron chi connectivity index (χ1n) is 7.60. The van der Waals surface area contributed by atoms with Gasteiger partial charge in [0.15, 0.2) is 0 Å². The summed E-state index contributed by atoms with van der Waals surface area (Å²) in [5.74, 6) is 2.06. The van der Waals surface area contributed by atoms with Crippen molar-refractivity contribution in [3.8, 4) is 0 Å². The molecule has 0 unspecified atom stereocenters. The number of fused-ring (bicyclic) bond motifs is 3. The molecule has 0 saturated heterocycles. The fraction of sp³-hybridized carbons (Fsp3) is 0.438. The van der Waals surface area contributed by atoms with Gasteiger partial charge in [0.2, 0.25) is 5.91 Å². The van der Waals surface area contributed by atoms with Crippen molar-refractivity contribution in [2.75, 3.05) is 24.6 Å². The number of aromatic amines is 1. The van der Waals surface area contributed by atoms with Crippen LogP contribution in [-0.2, 0) is 17.8 Å². The zero-order valence-electron chi connectivity index (χ0n) is 12.5. The quantitative estimate of drug-likeness (QED) is 0.629. The number of benzene rings is 1. The van der Waals surface area contributed by atoms with E-state index in [1.165, 1.54) is 22.2 Å². The SMILES string of the molecule is NCCSSCCC(=O)N1CCc2c([nH]c3ccccc23)C1. The monoisotopic (exact) mass is 335 g/mol. The Morgan fingerprint density at radius 2 is 2.09 bits per heavy atom. The first-order chi connectivity index (χ1) is 10.8. The fourth-order valence-electron chi connectivity index (χ4n) is 2.86. The molecule has 3 N–H and O–H groups in total. The number of amides is 1. The minimum Gasteiger partial charge on any atom is -0.357 e. The van der Waals surface area contributed by atoms with Crippen molar-refractivity contribution in [1.82, 2.24) is 9.88 Å². The lowest BCUT2D eigenvalue weighted by molar-refractivity contribution is -0.131. The first kappa shape index (κ1) is 15.8. The third kappa shape index (κ3) is 3.45. The van der Waals surface area contributed by atoms with Crippen LogP contribution >= 0.6 is 21.6 Å². The number of carbonyl (C=O) groups excluding carboxylic acids is 1. The molecule has 0 fully saturated rings. The number of nitrogens with two attached hydrogens (primary N) is 1. The van der Waals surface area contributed by atoms with E-state index in [1.807, 2.05) is 11.0 Å². The molecule has 0 radical (unpaired) electrons. The lowest BCUT2D eigenvalue weighted by atomic mass is 10.0. The molecule has 0 bridgehead atoms. The Kier molecular flexibility index (Phi) is 5.33. The molecule has 6 heteroatoms. The van der Waals surface area contributed by atoms with Gasteiger partial charge < -0.3 is 15.6 Å². The molecule has 1 aliphatic rings. The van der Waals surface area contributed by atoms with Crippen LogP contribution in [0, 0.1) is 0 Å². The maximum absolute atomic E-state index is 12.3. The summed E-state index contributed by atoms with van der Waals surface area (Å²) in [6.07, 6.45) is 1.55. The molecule has 2 aromatic rings. The number of para-hydroxylation sites is 1. The molecule has 118 valence electrons. The smallest absolute Gasteiger partial charge is 0.223 e. The number of hydrogen-bond acceptors (Lipinski definition) is 4. The summed E-state index contributed by atoms with van der Waals surface area (Å²) in [7, 11) is 3.49. The summed E-state index contributed by atoms with van der Waals surface area (Å²) in [6, 6.07) is 8.38. The molecule has 0 atom stereocenters. The zero-order valence-corrected chi connectivity index (χ0v) is 14.1. The highest BCUT2D eigenvalue weighted by molar-refractivity contribution is 8.76. The van der Waals surface area contributed by atoms with Gasteiger partial charge in [-0.2, -0.15) is 0 Å². The van der Waals surface area contributed by atoms with Crippen LogP contribution in [0.2, 0.25) is 0 Å². The molecule has 2 heterocycles. The van der Waals surface area contributed by atoms with Gasteiger partial charge in [0.05, 0.1) is 6.54 Å². The van der Waals surface area contributed by atoms with Crippen molar-refractivity contribution in [2.24, 2.45) is 5.73 Å². The Labute approximate surface area is 138 Å². The molecular weight excluding hydrogens is 314 g/mol. The second kappa shape index (κ2) is 7.44. The molecule has 1 aromatic heterocycles. The Balaban J connectivity index is 1.58. The van der Waals surface area contributed by atoms with Crippen LogP contribution in [0.15, 0.2) is 24.3 Å². The van der Waals surface area contributed by atoms with E-state index in [-0.39, 0.29) is 5.91 Å². The standard InChI is InChI=1S/C16H21N3OS2/c17-7-10-22-21-9-6-16(20)19-8-5-13-12-3-1-2-4-14(12)18-15(13)11-19/h1-4,18H,5-11,17H2. The topological polar surface area (TPSA) is 62.1 Å².